The van der Waals surface area contributed by atoms with Crippen molar-refractivity contribution in [1.29, 1.82) is 0 Å². The smallest absolute Gasteiger partial charge is 0.256 e. The second-order valence-electron chi connectivity index (χ2n) is 9.73. The maximum absolute atomic E-state index is 13.4. The molecule has 2 aliphatic heterocycles. The van der Waals surface area contributed by atoms with Gasteiger partial charge in [0.2, 0.25) is 15.9 Å². The quantitative estimate of drug-likeness (QED) is 0.424. The van der Waals surface area contributed by atoms with Crippen LogP contribution in [-0.2, 0) is 26.2 Å². The molecule has 1 aromatic heterocycles. The fraction of sp³-hybridized carbons (Fsp3) is 0.423. The van der Waals surface area contributed by atoms with Gasteiger partial charge in [-0.3, -0.25) is 14.6 Å². The summed E-state index contributed by atoms with van der Waals surface area (Å²) >= 11 is 7.41. The van der Waals surface area contributed by atoms with Crippen LogP contribution in [0.3, 0.4) is 0 Å². The summed E-state index contributed by atoms with van der Waals surface area (Å²) in [6, 6.07) is 7.86. The summed E-state index contributed by atoms with van der Waals surface area (Å²) in [5.41, 5.74) is 6.76. The number of amides is 2. The topological polar surface area (TPSA) is 147 Å². The third kappa shape index (κ3) is 6.34. The largest absolute Gasteiger partial charge is 0.467 e. The lowest BCUT2D eigenvalue weighted by atomic mass is 10.1. The van der Waals surface area contributed by atoms with Crippen LogP contribution in [0.1, 0.15) is 44.3 Å². The van der Waals surface area contributed by atoms with Gasteiger partial charge in [0, 0.05) is 24.8 Å². The molecule has 4 N–H and O–H groups in total. The molecule has 2 aromatic rings. The number of rotatable bonds is 8. The van der Waals surface area contributed by atoms with Crippen LogP contribution >= 0.6 is 23.4 Å². The maximum atomic E-state index is 13.4. The lowest BCUT2D eigenvalue weighted by Crippen LogP contribution is -2.33. The first-order valence-corrected chi connectivity index (χ1v) is 15.6. The van der Waals surface area contributed by atoms with Crippen LogP contribution in [0.25, 0.3) is 0 Å². The van der Waals surface area contributed by atoms with E-state index in [-0.39, 0.29) is 45.4 Å². The van der Waals surface area contributed by atoms with Crippen molar-refractivity contribution >= 4 is 55.9 Å². The molecule has 3 aliphatic rings. The van der Waals surface area contributed by atoms with Crippen molar-refractivity contribution in [2.45, 2.75) is 61.3 Å². The van der Waals surface area contributed by atoms with Crippen molar-refractivity contribution in [3.05, 3.63) is 58.6 Å². The van der Waals surface area contributed by atoms with Gasteiger partial charge in [-0.2, -0.15) is 4.31 Å². The molecular weight excluding hydrogens is 562 g/mol. The van der Waals surface area contributed by atoms with Crippen molar-refractivity contribution < 1.29 is 22.4 Å². The second kappa shape index (κ2) is 11.7. The van der Waals surface area contributed by atoms with E-state index in [2.05, 4.69) is 15.6 Å². The molecule has 3 heterocycles. The predicted molar refractivity (Wildman–Crippen MR) is 151 cm³/mol. The van der Waals surface area contributed by atoms with E-state index in [1.807, 2.05) is 0 Å². The molecule has 1 aliphatic carbocycles. The van der Waals surface area contributed by atoms with E-state index in [9.17, 15) is 18.0 Å². The Labute approximate surface area is 236 Å². The molecule has 1 saturated heterocycles. The van der Waals surface area contributed by atoms with Crippen LogP contribution in [0, 0.1) is 0 Å². The fourth-order valence-corrected chi connectivity index (χ4v) is 7.27. The van der Waals surface area contributed by atoms with E-state index in [1.165, 1.54) is 28.8 Å². The number of nitrogens with two attached hydrogens (primary N) is 1. The molecule has 0 unspecified atom stereocenters. The second-order valence-corrected chi connectivity index (χ2v) is 13.2. The average Bonchev–Trinajstić information content (AvgIpc) is 3.55. The summed E-state index contributed by atoms with van der Waals surface area (Å²) in [4.78, 5) is 31.0. The van der Waals surface area contributed by atoms with E-state index >= 15 is 0 Å². The van der Waals surface area contributed by atoms with Crippen molar-refractivity contribution in [3.63, 3.8) is 0 Å². The number of nitrogens with zero attached hydrogens (tertiary/aromatic N) is 2. The van der Waals surface area contributed by atoms with E-state index in [1.54, 1.807) is 12.1 Å². The maximum Gasteiger partial charge on any atom is 0.256 e. The highest BCUT2D eigenvalue weighted by atomic mass is 35.5. The monoisotopic (exact) mass is 591 g/mol. The molecule has 2 amide bonds. The minimum atomic E-state index is -3.75. The number of nitrogens with one attached hydrogen (secondary N) is 2. The zero-order valence-corrected chi connectivity index (χ0v) is 23.6. The van der Waals surface area contributed by atoms with E-state index in [0.29, 0.717) is 23.9 Å². The number of aliphatic imine (C=N–C) groups is 1. The number of carbonyl (C=O) groups is 2. The Morgan fingerprint density at radius 3 is 2.56 bits per heavy atom. The molecule has 0 bridgehead atoms. The van der Waals surface area contributed by atoms with Gasteiger partial charge in [0.15, 0.2) is 0 Å². The molecule has 10 nitrogen and oxygen atoms in total. The number of hydrogen-bond acceptors (Lipinski definition) is 8. The Balaban J connectivity index is 1.37. The number of sulfonamides is 1. The standard InChI is InChI=1S/C26H30ClN5O5S2/c27-19-10-9-18(39(35,36)32-11-3-1-2-4-12-32)14-20(19)31-25(34)23-22(28)21(24(33)30-16-7-8-16)26(38-23)29-15-17-6-5-13-37-17/h5-6,9-10,13-14,16,23H,1-4,7-8,11-12,15,28H2,(H,30,33)(H,31,34)/t23-/m1/s1. The molecule has 0 spiro atoms. The minimum Gasteiger partial charge on any atom is -0.467 e. The van der Waals surface area contributed by atoms with Gasteiger partial charge in [0.25, 0.3) is 5.91 Å². The Bertz CT molecular complexity index is 1410. The Hall–Kier alpha value is -2.80. The Morgan fingerprint density at radius 2 is 1.90 bits per heavy atom. The first kappa shape index (κ1) is 27.8. The summed E-state index contributed by atoms with van der Waals surface area (Å²) in [5, 5.41) is 5.19. The van der Waals surface area contributed by atoms with Gasteiger partial charge >= 0.3 is 0 Å². The average molecular weight is 592 g/mol. The zero-order chi connectivity index (χ0) is 27.6. The number of anilines is 1. The van der Waals surface area contributed by atoms with Gasteiger partial charge in [-0.05, 0) is 56.0 Å². The minimum absolute atomic E-state index is 0.0527. The van der Waals surface area contributed by atoms with Crippen LogP contribution in [0.4, 0.5) is 5.69 Å². The summed E-state index contributed by atoms with van der Waals surface area (Å²) < 4.78 is 33.4. The van der Waals surface area contributed by atoms with Gasteiger partial charge in [-0.1, -0.05) is 36.2 Å². The van der Waals surface area contributed by atoms with Crippen molar-refractivity contribution in [2.24, 2.45) is 10.7 Å². The lowest BCUT2D eigenvalue weighted by Gasteiger charge is -2.21. The molecular formula is C26H30ClN5O5S2. The number of halogens is 1. The normalized spacial score (nSPS) is 21.7. The number of thioether (sulfide) groups is 1. The first-order chi connectivity index (χ1) is 18.7. The molecule has 39 heavy (non-hydrogen) atoms. The summed E-state index contributed by atoms with van der Waals surface area (Å²) in [7, 11) is -3.75. The molecule has 0 radical (unpaired) electrons. The highest BCUT2D eigenvalue weighted by molar-refractivity contribution is 8.16. The molecule has 1 atom stereocenters. The highest BCUT2D eigenvalue weighted by Gasteiger charge is 2.40. The van der Waals surface area contributed by atoms with Crippen molar-refractivity contribution in [2.75, 3.05) is 18.4 Å². The summed E-state index contributed by atoms with van der Waals surface area (Å²) in [6.45, 7) is 1.09. The van der Waals surface area contributed by atoms with Gasteiger partial charge in [0.05, 0.1) is 34.0 Å². The first-order valence-electron chi connectivity index (χ1n) is 12.9. The van der Waals surface area contributed by atoms with Gasteiger partial charge < -0.3 is 20.8 Å². The molecule has 208 valence electrons. The number of furan rings is 1. The van der Waals surface area contributed by atoms with E-state index in [0.717, 1.165) is 50.3 Å². The number of carbonyl (C=O) groups excluding carboxylic acids is 2. The third-order valence-electron chi connectivity index (χ3n) is 6.75. The Kier molecular flexibility index (Phi) is 8.36. The van der Waals surface area contributed by atoms with Crippen molar-refractivity contribution in [3.8, 4) is 0 Å². The number of hydrogen-bond donors (Lipinski definition) is 3. The molecule has 13 heteroatoms. The van der Waals surface area contributed by atoms with Gasteiger partial charge in [-0.15, -0.1) is 0 Å². The van der Waals surface area contributed by atoms with Crippen molar-refractivity contribution in [1.82, 2.24) is 9.62 Å². The lowest BCUT2D eigenvalue weighted by molar-refractivity contribution is -0.117. The van der Waals surface area contributed by atoms with Crippen LogP contribution in [0.15, 0.2) is 62.2 Å². The van der Waals surface area contributed by atoms with Crippen LogP contribution in [0.2, 0.25) is 5.02 Å². The van der Waals surface area contributed by atoms with Crippen LogP contribution in [-0.4, -0.2) is 54.0 Å². The Morgan fingerprint density at radius 1 is 1.15 bits per heavy atom. The SMILES string of the molecule is NC1=C(C(=O)NC2CC2)C(=NCc2ccco2)S[C@H]1C(=O)Nc1cc(S(=O)(=O)N2CCCCCC2)ccc1Cl. The highest BCUT2D eigenvalue weighted by Crippen LogP contribution is 2.36. The number of benzene rings is 1. The third-order valence-corrected chi connectivity index (χ3v) is 10.2. The zero-order valence-electron chi connectivity index (χ0n) is 21.2. The summed E-state index contributed by atoms with van der Waals surface area (Å²) in [5.74, 6) is -0.311. The summed E-state index contributed by atoms with van der Waals surface area (Å²) in [6.07, 6.45) is 6.92. The van der Waals surface area contributed by atoms with Gasteiger partial charge in [-0.25, -0.2) is 8.42 Å². The molecule has 1 saturated carbocycles. The molecule has 5 rings (SSSR count). The fourth-order valence-electron chi connectivity index (χ4n) is 4.46. The van der Waals surface area contributed by atoms with E-state index in [4.69, 9.17) is 21.8 Å². The molecule has 2 fully saturated rings. The van der Waals surface area contributed by atoms with Gasteiger partial charge in [0.1, 0.15) is 16.1 Å². The predicted octanol–water partition coefficient (Wildman–Crippen LogP) is 3.64. The van der Waals surface area contributed by atoms with Crippen LogP contribution in [0.5, 0.6) is 0 Å². The molecule has 1 aromatic carbocycles. The van der Waals surface area contributed by atoms with E-state index < -0.39 is 21.2 Å². The van der Waals surface area contributed by atoms with Crippen LogP contribution < -0.4 is 16.4 Å².